The van der Waals surface area contributed by atoms with Crippen molar-refractivity contribution in [1.82, 2.24) is 5.32 Å². The minimum atomic E-state index is 0.291. The topological polar surface area (TPSA) is 21.3 Å². The van der Waals surface area contributed by atoms with Crippen molar-refractivity contribution in [3.05, 3.63) is 29.8 Å². The van der Waals surface area contributed by atoms with Crippen molar-refractivity contribution in [2.45, 2.75) is 25.1 Å². The lowest BCUT2D eigenvalue weighted by molar-refractivity contribution is 0.414. The zero-order valence-corrected chi connectivity index (χ0v) is 11.4. The lowest BCUT2D eigenvalue weighted by Crippen LogP contribution is -2.31. The molecule has 0 atom stereocenters. The van der Waals surface area contributed by atoms with Crippen LogP contribution in [0.5, 0.6) is 5.75 Å². The largest absolute Gasteiger partial charge is 0.497 e. The Morgan fingerprint density at radius 1 is 1.38 bits per heavy atom. The minimum absolute atomic E-state index is 0.291. The predicted molar refractivity (Wildman–Crippen MR) is 72.3 cm³/mol. The molecule has 1 aromatic rings. The molecular weight excluding hydrogens is 218 g/mol. The summed E-state index contributed by atoms with van der Waals surface area (Å²) >= 11 is 1.88. The second kappa shape index (κ2) is 6.16. The van der Waals surface area contributed by atoms with Gasteiger partial charge in [0.05, 0.1) is 7.11 Å². The summed E-state index contributed by atoms with van der Waals surface area (Å²) in [6.07, 6.45) is 2.15. The molecule has 3 heteroatoms. The molecule has 90 valence electrons. The standard InChI is InChI=1S/C13H21NOS/c1-13(2,16-4)10-14-9-11-6-5-7-12(8-11)15-3/h5-8,14H,9-10H2,1-4H3. The summed E-state index contributed by atoms with van der Waals surface area (Å²) in [6, 6.07) is 8.17. The average Bonchev–Trinajstić information content (AvgIpc) is 2.29. The van der Waals surface area contributed by atoms with Gasteiger partial charge >= 0.3 is 0 Å². The molecule has 0 bridgehead atoms. The number of hydrogen-bond donors (Lipinski definition) is 1. The van der Waals surface area contributed by atoms with E-state index in [1.54, 1.807) is 7.11 Å². The van der Waals surface area contributed by atoms with Crippen LogP contribution in [-0.2, 0) is 6.54 Å². The van der Waals surface area contributed by atoms with Crippen LogP contribution in [0, 0.1) is 0 Å². The molecule has 0 aliphatic carbocycles. The monoisotopic (exact) mass is 239 g/mol. The van der Waals surface area contributed by atoms with Gasteiger partial charge in [0.25, 0.3) is 0 Å². The van der Waals surface area contributed by atoms with E-state index in [9.17, 15) is 0 Å². The number of thioether (sulfide) groups is 1. The van der Waals surface area contributed by atoms with E-state index in [4.69, 9.17) is 4.74 Å². The first-order valence-corrected chi connectivity index (χ1v) is 6.69. The highest BCUT2D eigenvalue weighted by Gasteiger charge is 2.14. The summed E-state index contributed by atoms with van der Waals surface area (Å²) in [5, 5.41) is 3.47. The van der Waals surface area contributed by atoms with Gasteiger partial charge in [-0.05, 0) is 37.8 Å². The van der Waals surface area contributed by atoms with Crippen LogP contribution in [0.25, 0.3) is 0 Å². The Morgan fingerprint density at radius 2 is 2.12 bits per heavy atom. The van der Waals surface area contributed by atoms with Crippen molar-refractivity contribution in [3.63, 3.8) is 0 Å². The zero-order valence-electron chi connectivity index (χ0n) is 10.5. The summed E-state index contributed by atoms with van der Waals surface area (Å²) in [6.45, 7) is 6.39. The van der Waals surface area contributed by atoms with Gasteiger partial charge in [-0.2, -0.15) is 11.8 Å². The van der Waals surface area contributed by atoms with Gasteiger partial charge in [-0.1, -0.05) is 12.1 Å². The Hall–Kier alpha value is -0.670. The van der Waals surface area contributed by atoms with Crippen LogP contribution in [0.15, 0.2) is 24.3 Å². The normalized spacial score (nSPS) is 11.5. The Bertz CT molecular complexity index is 325. The van der Waals surface area contributed by atoms with Crippen LogP contribution in [0.2, 0.25) is 0 Å². The molecule has 2 nitrogen and oxygen atoms in total. The van der Waals surface area contributed by atoms with Gasteiger partial charge in [0, 0.05) is 17.8 Å². The van der Waals surface area contributed by atoms with Crippen molar-refractivity contribution in [1.29, 1.82) is 0 Å². The van der Waals surface area contributed by atoms with Crippen LogP contribution in [0.4, 0.5) is 0 Å². The second-order valence-electron chi connectivity index (χ2n) is 4.42. The number of ether oxygens (including phenoxy) is 1. The first-order valence-electron chi connectivity index (χ1n) is 5.46. The summed E-state index contributed by atoms with van der Waals surface area (Å²) in [4.78, 5) is 0. The number of nitrogens with one attached hydrogen (secondary N) is 1. The molecule has 0 heterocycles. The highest BCUT2D eigenvalue weighted by atomic mass is 32.2. The fourth-order valence-corrected chi connectivity index (χ4v) is 1.61. The fraction of sp³-hybridized carbons (Fsp3) is 0.538. The van der Waals surface area contributed by atoms with Gasteiger partial charge in [0.1, 0.15) is 5.75 Å². The van der Waals surface area contributed by atoms with E-state index in [1.807, 2.05) is 23.9 Å². The summed E-state index contributed by atoms with van der Waals surface area (Å²) in [5.74, 6) is 0.920. The minimum Gasteiger partial charge on any atom is -0.497 e. The first kappa shape index (κ1) is 13.4. The van der Waals surface area contributed by atoms with Gasteiger partial charge < -0.3 is 10.1 Å². The van der Waals surface area contributed by atoms with Gasteiger partial charge in [0.2, 0.25) is 0 Å². The Labute approximate surface area is 103 Å². The maximum absolute atomic E-state index is 5.19. The molecular formula is C13H21NOS. The zero-order chi connectivity index (χ0) is 12.0. The Balaban J connectivity index is 2.42. The van der Waals surface area contributed by atoms with Gasteiger partial charge in [-0.15, -0.1) is 0 Å². The molecule has 0 spiro atoms. The molecule has 0 fully saturated rings. The van der Waals surface area contributed by atoms with Crippen molar-refractivity contribution in [3.8, 4) is 5.75 Å². The van der Waals surface area contributed by atoms with Crippen molar-refractivity contribution in [2.75, 3.05) is 19.9 Å². The van der Waals surface area contributed by atoms with Crippen LogP contribution < -0.4 is 10.1 Å². The third kappa shape index (κ3) is 4.45. The highest BCUT2D eigenvalue weighted by molar-refractivity contribution is 7.99. The number of benzene rings is 1. The van der Waals surface area contributed by atoms with Gasteiger partial charge in [-0.25, -0.2) is 0 Å². The van der Waals surface area contributed by atoms with E-state index in [-0.39, 0.29) is 0 Å². The lowest BCUT2D eigenvalue weighted by atomic mass is 10.2. The molecule has 0 aliphatic rings. The molecule has 0 saturated carbocycles. The Kier molecular flexibility index (Phi) is 5.16. The average molecular weight is 239 g/mol. The Morgan fingerprint density at radius 3 is 2.75 bits per heavy atom. The molecule has 0 radical (unpaired) electrons. The highest BCUT2D eigenvalue weighted by Crippen LogP contribution is 2.20. The smallest absolute Gasteiger partial charge is 0.119 e. The van der Waals surface area contributed by atoms with Crippen LogP contribution in [0.1, 0.15) is 19.4 Å². The number of rotatable bonds is 6. The fourth-order valence-electron chi connectivity index (χ4n) is 1.36. The van der Waals surface area contributed by atoms with E-state index in [0.717, 1.165) is 18.8 Å². The molecule has 16 heavy (non-hydrogen) atoms. The second-order valence-corrected chi connectivity index (χ2v) is 5.93. The van der Waals surface area contributed by atoms with E-state index >= 15 is 0 Å². The SMILES string of the molecule is COc1cccc(CNCC(C)(C)SC)c1. The molecule has 0 amide bonds. The van der Waals surface area contributed by atoms with Crippen LogP contribution >= 0.6 is 11.8 Å². The van der Waals surface area contributed by atoms with E-state index in [1.165, 1.54) is 5.56 Å². The molecule has 1 aromatic carbocycles. The van der Waals surface area contributed by atoms with Crippen LogP contribution in [-0.4, -0.2) is 24.7 Å². The molecule has 0 unspecified atom stereocenters. The number of methoxy groups -OCH3 is 1. The third-order valence-corrected chi connectivity index (χ3v) is 3.82. The van der Waals surface area contributed by atoms with Gasteiger partial charge in [-0.3, -0.25) is 0 Å². The quantitative estimate of drug-likeness (QED) is 0.824. The molecule has 1 rings (SSSR count). The van der Waals surface area contributed by atoms with E-state index < -0.39 is 0 Å². The van der Waals surface area contributed by atoms with Crippen molar-refractivity contribution in [2.24, 2.45) is 0 Å². The van der Waals surface area contributed by atoms with Gasteiger partial charge in [0.15, 0.2) is 0 Å². The molecule has 0 aliphatic heterocycles. The molecule has 0 saturated heterocycles. The van der Waals surface area contributed by atoms with Crippen molar-refractivity contribution < 1.29 is 4.74 Å². The number of hydrogen-bond acceptors (Lipinski definition) is 3. The predicted octanol–water partition coefficient (Wildman–Crippen LogP) is 2.93. The summed E-state index contributed by atoms with van der Waals surface area (Å²) in [7, 11) is 1.70. The third-order valence-electron chi connectivity index (χ3n) is 2.57. The first-order chi connectivity index (χ1) is 7.57. The van der Waals surface area contributed by atoms with Crippen LogP contribution in [0.3, 0.4) is 0 Å². The summed E-state index contributed by atoms with van der Waals surface area (Å²) < 4.78 is 5.48. The lowest BCUT2D eigenvalue weighted by Gasteiger charge is -2.22. The maximum Gasteiger partial charge on any atom is 0.119 e. The van der Waals surface area contributed by atoms with E-state index in [0.29, 0.717) is 4.75 Å². The van der Waals surface area contributed by atoms with E-state index in [2.05, 4.69) is 37.6 Å². The maximum atomic E-state index is 5.19. The molecule has 0 aromatic heterocycles. The summed E-state index contributed by atoms with van der Waals surface area (Å²) in [5.41, 5.74) is 1.26. The van der Waals surface area contributed by atoms with Crippen molar-refractivity contribution >= 4 is 11.8 Å². The molecule has 1 N–H and O–H groups in total.